The first kappa shape index (κ1) is 25.2. The lowest BCUT2D eigenvalue weighted by atomic mass is 10.0. The van der Waals surface area contributed by atoms with Crippen molar-refractivity contribution < 1.29 is 41.8 Å². The fraction of sp³-hybridized carbons (Fsp3) is 0.500. The van der Waals surface area contributed by atoms with Crippen LogP contribution in [0.3, 0.4) is 0 Å². The fourth-order valence-corrected chi connectivity index (χ4v) is 3.99. The molecule has 2 N–H and O–H groups in total. The smallest absolute Gasteiger partial charge is 0.410 e. The number of aliphatic carboxylic acids is 1. The average Bonchev–Trinajstić information content (AvgIpc) is 2.75. The van der Waals surface area contributed by atoms with Gasteiger partial charge in [0.25, 0.3) is 0 Å². The maximum atomic E-state index is 12.7. The van der Waals surface area contributed by atoms with Crippen LogP contribution in [-0.4, -0.2) is 73.7 Å². The number of hydrogen-bond acceptors (Lipinski definition) is 7. The molecule has 1 aliphatic rings. The normalized spacial score (nSPS) is 17.3. The molecule has 0 aromatic heterocycles. The number of Topliss-reactive ketones (excluding diaryl/α,β-unsaturated/α-hetero) is 1. The molecule has 1 saturated heterocycles. The van der Waals surface area contributed by atoms with E-state index < -0.39 is 58.8 Å². The number of benzene rings is 1. The van der Waals surface area contributed by atoms with Gasteiger partial charge in [0.15, 0.2) is 15.6 Å². The van der Waals surface area contributed by atoms with E-state index in [2.05, 4.69) is 5.32 Å². The molecule has 1 heterocycles. The van der Waals surface area contributed by atoms with Crippen molar-refractivity contribution in [3.8, 4) is 0 Å². The number of amides is 2. The van der Waals surface area contributed by atoms with Crippen LogP contribution < -0.4 is 5.32 Å². The molecule has 10 nitrogen and oxygen atoms in total. The minimum Gasteiger partial charge on any atom is -0.481 e. The maximum Gasteiger partial charge on any atom is 0.410 e. The Morgan fingerprint density at radius 3 is 2.62 bits per heavy atom. The predicted molar refractivity (Wildman–Crippen MR) is 109 cm³/mol. The molecule has 2 unspecified atom stereocenters. The highest BCUT2D eigenvalue weighted by Crippen LogP contribution is 2.20. The quantitative estimate of drug-likeness (QED) is 0.543. The molecule has 2 amide bonds. The van der Waals surface area contributed by atoms with Gasteiger partial charge < -0.3 is 15.2 Å². The Balaban J connectivity index is 2.07. The molecule has 2 rings (SSSR count). The minimum absolute atomic E-state index is 0.0725. The first-order chi connectivity index (χ1) is 15.0. The second-order valence-electron chi connectivity index (χ2n) is 7.44. The number of ketones is 1. The zero-order valence-corrected chi connectivity index (χ0v) is 18.3. The largest absolute Gasteiger partial charge is 0.481 e. The topological polar surface area (TPSA) is 147 Å². The number of nitrogens with zero attached hydrogens (tertiary/aromatic N) is 1. The number of piperidine rings is 1. The summed E-state index contributed by atoms with van der Waals surface area (Å²) in [6, 6.07) is 3.34. The van der Waals surface area contributed by atoms with Gasteiger partial charge in [0.05, 0.1) is 11.3 Å². The van der Waals surface area contributed by atoms with Crippen molar-refractivity contribution in [1.82, 2.24) is 10.2 Å². The number of ether oxygens (including phenoxy) is 1. The van der Waals surface area contributed by atoms with E-state index >= 15 is 0 Å². The molecule has 1 aromatic rings. The van der Waals surface area contributed by atoms with Crippen molar-refractivity contribution in [2.24, 2.45) is 0 Å². The van der Waals surface area contributed by atoms with Crippen LogP contribution >= 0.6 is 0 Å². The molecule has 1 aromatic carbocycles. The van der Waals surface area contributed by atoms with Crippen LogP contribution in [0, 0.1) is 0 Å². The third-order valence-electron chi connectivity index (χ3n) is 4.94. The van der Waals surface area contributed by atoms with Crippen LogP contribution in [0.5, 0.6) is 0 Å². The number of rotatable bonds is 9. The van der Waals surface area contributed by atoms with Gasteiger partial charge in [-0.3, -0.25) is 19.3 Å². The molecule has 176 valence electrons. The number of likely N-dealkylation sites (tertiary alicyclic amines) is 1. The summed E-state index contributed by atoms with van der Waals surface area (Å²) in [6.45, 7) is -1.46. The van der Waals surface area contributed by atoms with Gasteiger partial charge in [-0.2, -0.15) is 0 Å². The second-order valence-corrected chi connectivity index (χ2v) is 9.45. The molecule has 0 radical (unpaired) electrons. The second kappa shape index (κ2) is 11.0. The Morgan fingerprint density at radius 2 is 2.00 bits per heavy atom. The van der Waals surface area contributed by atoms with Gasteiger partial charge in [0.1, 0.15) is 25.4 Å². The molecule has 0 aliphatic carbocycles. The maximum absolute atomic E-state index is 12.7. The standard InChI is InChI=1S/C20H25FN2O8S/c1-32(29,30)14-6-4-5-13(9-14)12-31-20(28)23-8-3-2-7-16(23)19(27)22-15(10-18(25)26)17(24)11-21/h4-6,9,15-16H,2-3,7-8,10-12H2,1H3,(H,22,27)(H,25,26). The summed E-state index contributed by atoms with van der Waals surface area (Å²) in [6.07, 6.45) is 0.932. The molecule has 32 heavy (non-hydrogen) atoms. The van der Waals surface area contributed by atoms with E-state index in [4.69, 9.17) is 9.84 Å². The van der Waals surface area contributed by atoms with E-state index in [1.165, 1.54) is 18.2 Å². The number of hydrogen-bond donors (Lipinski definition) is 2. The van der Waals surface area contributed by atoms with E-state index in [1.807, 2.05) is 0 Å². The average molecular weight is 472 g/mol. The van der Waals surface area contributed by atoms with Gasteiger partial charge in [0, 0.05) is 12.8 Å². The van der Waals surface area contributed by atoms with Crippen LogP contribution in [-0.2, 0) is 35.6 Å². The van der Waals surface area contributed by atoms with Gasteiger partial charge >= 0.3 is 12.1 Å². The molecule has 2 atom stereocenters. The number of sulfone groups is 1. The number of alkyl halides is 1. The first-order valence-electron chi connectivity index (χ1n) is 9.86. The van der Waals surface area contributed by atoms with Crippen molar-refractivity contribution in [2.45, 2.75) is 49.3 Å². The number of nitrogens with one attached hydrogen (secondary N) is 1. The lowest BCUT2D eigenvalue weighted by Gasteiger charge is -2.34. The predicted octanol–water partition coefficient (Wildman–Crippen LogP) is 1.08. The van der Waals surface area contributed by atoms with Crippen LogP contribution in [0.25, 0.3) is 0 Å². The molecule has 1 aliphatic heterocycles. The number of carboxylic acids is 1. The van der Waals surface area contributed by atoms with Crippen LogP contribution in [0.15, 0.2) is 29.2 Å². The summed E-state index contributed by atoms with van der Waals surface area (Å²) in [5.41, 5.74) is 0.439. The number of halogens is 1. The summed E-state index contributed by atoms with van der Waals surface area (Å²) in [4.78, 5) is 49.1. The zero-order chi connectivity index (χ0) is 23.9. The van der Waals surface area contributed by atoms with Gasteiger partial charge in [-0.05, 0) is 37.0 Å². The SMILES string of the molecule is CS(=O)(=O)c1cccc(COC(=O)N2CCCCC2C(=O)NC(CC(=O)O)C(=O)CF)c1. The van der Waals surface area contributed by atoms with Crippen molar-refractivity contribution >= 4 is 33.6 Å². The van der Waals surface area contributed by atoms with Crippen molar-refractivity contribution in [3.05, 3.63) is 29.8 Å². The summed E-state index contributed by atoms with van der Waals surface area (Å²) in [5.74, 6) is -3.22. The lowest BCUT2D eigenvalue weighted by molar-refractivity contribution is -0.140. The first-order valence-corrected chi connectivity index (χ1v) is 11.7. The van der Waals surface area contributed by atoms with Crippen LogP contribution in [0.4, 0.5) is 9.18 Å². The van der Waals surface area contributed by atoms with E-state index in [0.29, 0.717) is 18.4 Å². The third-order valence-corrected chi connectivity index (χ3v) is 6.05. The zero-order valence-electron chi connectivity index (χ0n) is 17.5. The van der Waals surface area contributed by atoms with Crippen LogP contribution in [0.1, 0.15) is 31.2 Å². The summed E-state index contributed by atoms with van der Waals surface area (Å²) < 4.78 is 41.3. The van der Waals surface area contributed by atoms with E-state index in [-0.39, 0.29) is 24.5 Å². The Kier molecular flexibility index (Phi) is 8.70. The summed E-state index contributed by atoms with van der Waals surface area (Å²) in [5, 5.41) is 11.1. The van der Waals surface area contributed by atoms with Crippen LogP contribution in [0.2, 0.25) is 0 Å². The molecule has 1 fully saturated rings. The van der Waals surface area contributed by atoms with Crippen molar-refractivity contribution in [1.29, 1.82) is 0 Å². The summed E-state index contributed by atoms with van der Waals surface area (Å²) in [7, 11) is -3.43. The molecule has 0 bridgehead atoms. The van der Waals surface area contributed by atoms with E-state index in [0.717, 1.165) is 11.2 Å². The highest BCUT2D eigenvalue weighted by atomic mass is 32.2. The lowest BCUT2D eigenvalue weighted by Crippen LogP contribution is -2.55. The number of carbonyl (C=O) groups excluding carboxylic acids is 3. The monoisotopic (exact) mass is 472 g/mol. The Labute approximate surface area is 184 Å². The number of carbonyl (C=O) groups is 4. The fourth-order valence-electron chi connectivity index (χ4n) is 3.30. The van der Waals surface area contributed by atoms with Gasteiger partial charge in [0.2, 0.25) is 5.91 Å². The highest BCUT2D eigenvalue weighted by molar-refractivity contribution is 7.90. The van der Waals surface area contributed by atoms with Gasteiger partial charge in [-0.1, -0.05) is 12.1 Å². The Hall–Kier alpha value is -3.02. The third kappa shape index (κ3) is 7.01. The van der Waals surface area contributed by atoms with Crippen molar-refractivity contribution in [3.63, 3.8) is 0 Å². The van der Waals surface area contributed by atoms with E-state index in [9.17, 15) is 32.0 Å². The molecule has 12 heteroatoms. The Morgan fingerprint density at radius 1 is 1.28 bits per heavy atom. The van der Waals surface area contributed by atoms with E-state index in [1.54, 1.807) is 6.07 Å². The molecular formula is C20H25FN2O8S. The minimum atomic E-state index is -3.43. The highest BCUT2D eigenvalue weighted by Gasteiger charge is 2.35. The summed E-state index contributed by atoms with van der Waals surface area (Å²) >= 11 is 0. The number of carboxylic acid groups (broad SMARTS) is 1. The molecular weight excluding hydrogens is 447 g/mol. The van der Waals surface area contributed by atoms with Gasteiger partial charge in [-0.15, -0.1) is 0 Å². The van der Waals surface area contributed by atoms with Crippen molar-refractivity contribution in [2.75, 3.05) is 19.5 Å². The molecule has 0 spiro atoms. The van der Waals surface area contributed by atoms with Gasteiger partial charge in [-0.25, -0.2) is 17.6 Å². The molecule has 0 saturated carbocycles. The Bertz CT molecular complexity index is 982.